The molecule has 30 heavy (non-hydrogen) atoms. The van der Waals surface area contributed by atoms with Crippen LogP contribution in [0, 0.1) is 0 Å². The molecule has 178 valence electrons. The summed E-state index contributed by atoms with van der Waals surface area (Å²) in [6, 6.07) is 0. The summed E-state index contributed by atoms with van der Waals surface area (Å²) < 4.78 is 11.0. The van der Waals surface area contributed by atoms with E-state index in [1.807, 2.05) is 6.92 Å². The highest BCUT2D eigenvalue weighted by Crippen LogP contribution is 2.21. The molecule has 0 N–H and O–H groups in total. The van der Waals surface area contributed by atoms with Gasteiger partial charge in [0, 0.05) is 26.2 Å². The van der Waals surface area contributed by atoms with E-state index in [2.05, 4.69) is 13.8 Å². The van der Waals surface area contributed by atoms with Crippen LogP contribution in [0.25, 0.3) is 0 Å². The SMILES string of the molecule is CCCCCCCCCCCC(=O)OC(C)(CC)OC(=O)CCCCCCCCC. The molecule has 0 aliphatic heterocycles. The Hall–Kier alpha value is -1.06. The van der Waals surface area contributed by atoms with Crippen LogP contribution in [0.1, 0.15) is 150 Å². The molecule has 0 bridgehead atoms. The molecule has 0 radical (unpaired) electrons. The van der Waals surface area contributed by atoms with Crippen molar-refractivity contribution in [3.8, 4) is 0 Å². The van der Waals surface area contributed by atoms with Gasteiger partial charge in [-0.3, -0.25) is 9.59 Å². The van der Waals surface area contributed by atoms with Gasteiger partial charge in [0.2, 0.25) is 0 Å². The molecular weight excluding hydrogens is 376 g/mol. The first-order valence-electron chi connectivity index (χ1n) is 12.9. The van der Waals surface area contributed by atoms with Gasteiger partial charge < -0.3 is 9.47 Å². The first-order chi connectivity index (χ1) is 14.5. The molecule has 0 aromatic rings. The first-order valence-corrected chi connectivity index (χ1v) is 12.9. The van der Waals surface area contributed by atoms with Crippen molar-refractivity contribution >= 4 is 11.9 Å². The first kappa shape index (κ1) is 28.9. The number of ether oxygens (including phenoxy) is 2. The minimum atomic E-state index is -1.13. The molecule has 1 atom stereocenters. The lowest BCUT2D eigenvalue weighted by Crippen LogP contribution is -2.36. The third-order valence-corrected chi connectivity index (χ3v) is 5.77. The molecule has 0 fully saturated rings. The number of rotatable bonds is 21. The molecule has 0 amide bonds. The summed E-state index contributed by atoms with van der Waals surface area (Å²) in [5.41, 5.74) is 0. The summed E-state index contributed by atoms with van der Waals surface area (Å²) >= 11 is 0. The molecule has 0 rings (SSSR count). The summed E-state index contributed by atoms with van der Waals surface area (Å²) in [5.74, 6) is -1.65. The van der Waals surface area contributed by atoms with Crippen LogP contribution in [0.5, 0.6) is 0 Å². The third kappa shape index (κ3) is 17.8. The summed E-state index contributed by atoms with van der Waals surface area (Å²) in [6.07, 6.45) is 20.3. The lowest BCUT2D eigenvalue weighted by Gasteiger charge is -2.28. The molecule has 0 saturated carbocycles. The molecule has 0 saturated heterocycles. The zero-order valence-electron chi connectivity index (χ0n) is 20.6. The molecule has 0 aromatic heterocycles. The Morgan fingerprint density at radius 1 is 0.533 bits per heavy atom. The van der Waals surface area contributed by atoms with Gasteiger partial charge in [0.25, 0.3) is 5.79 Å². The standard InChI is InChI=1S/C26H50O4/c1-5-8-10-12-14-15-17-19-21-23-25(28)30-26(4,7-3)29-24(27)22-20-18-16-13-11-9-6-2/h5-23H2,1-4H3. The highest BCUT2D eigenvalue weighted by Gasteiger charge is 2.30. The summed E-state index contributed by atoms with van der Waals surface area (Å²) in [4.78, 5) is 24.3. The number of hydrogen-bond donors (Lipinski definition) is 0. The summed E-state index contributed by atoms with van der Waals surface area (Å²) in [6.45, 7) is 8.03. The molecule has 1 unspecified atom stereocenters. The van der Waals surface area contributed by atoms with Crippen LogP contribution >= 0.6 is 0 Å². The van der Waals surface area contributed by atoms with Crippen molar-refractivity contribution in [1.29, 1.82) is 0 Å². The molecule has 4 heteroatoms. The van der Waals surface area contributed by atoms with Gasteiger partial charge in [-0.15, -0.1) is 0 Å². The monoisotopic (exact) mass is 426 g/mol. The highest BCUT2D eigenvalue weighted by atomic mass is 16.7. The lowest BCUT2D eigenvalue weighted by molar-refractivity contribution is -0.223. The average Bonchev–Trinajstić information content (AvgIpc) is 2.71. The zero-order chi connectivity index (χ0) is 22.5. The normalized spacial score (nSPS) is 13.1. The van der Waals surface area contributed by atoms with Gasteiger partial charge in [0.15, 0.2) is 0 Å². The fraction of sp³-hybridized carbons (Fsp3) is 0.923. The van der Waals surface area contributed by atoms with Crippen molar-refractivity contribution in [2.45, 2.75) is 155 Å². The van der Waals surface area contributed by atoms with Crippen LogP contribution < -0.4 is 0 Å². The summed E-state index contributed by atoms with van der Waals surface area (Å²) in [5, 5.41) is 0. The van der Waals surface area contributed by atoms with Gasteiger partial charge in [-0.2, -0.15) is 0 Å². The molecule has 0 aromatic carbocycles. The van der Waals surface area contributed by atoms with Crippen molar-refractivity contribution in [3.63, 3.8) is 0 Å². The Kier molecular flexibility index (Phi) is 19.2. The number of esters is 2. The van der Waals surface area contributed by atoms with E-state index in [0.29, 0.717) is 19.3 Å². The predicted octanol–water partition coefficient (Wildman–Crippen LogP) is 8.26. The lowest BCUT2D eigenvalue weighted by atomic mass is 10.1. The van der Waals surface area contributed by atoms with Gasteiger partial charge in [-0.1, -0.05) is 111 Å². The topological polar surface area (TPSA) is 52.6 Å². The quantitative estimate of drug-likeness (QED) is 0.105. The van der Waals surface area contributed by atoms with E-state index < -0.39 is 5.79 Å². The average molecular weight is 427 g/mol. The Morgan fingerprint density at radius 3 is 1.13 bits per heavy atom. The summed E-state index contributed by atoms with van der Waals surface area (Å²) in [7, 11) is 0. The Bertz CT molecular complexity index is 421. The number of carbonyl (C=O) groups excluding carboxylic acids is 2. The smallest absolute Gasteiger partial charge is 0.309 e. The second kappa shape index (κ2) is 19.9. The van der Waals surface area contributed by atoms with Crippen LogP contribution in [0.15, 0.2) is 0 Å². The van der Waals surface area contributed by atoms with Crippen LogP contribution in [0.2, 0.25) is 0 Å². The Labute approximate surface area is 186 Å². The highest BCUT2D eigenvalue weighted by molar-refractivity contribution is 5.72. The van der Waals surface area contributed by atoms with Crippen molar-refractivity contribution in [3.05, 3.63) is 0 Å². The van der Waals surface area contributed by atoms with E-state index in [4.69, 9.17) is 9.47 Å². The minimum absolute atomic E-state index is 0.258. The Balaban J connectivity index is 3.86. The number of unbranched alkanes of at least 4 members (excludes halogenated alkanes) is 14. The van der Waals surface area contributed by atoms with Gasteiger partial charge in [0.1, 0.15) is 0 Å². The van der Waals surface area contributed by atoms with Gasteiger partial charge >= 0.3 is 11.9 Å². The Morgan fingerprint density at radius 2 is 0.833 bits per heavy atom. The van der Waals surface area contributed by atoms with Gasteiger partial charge in [-0.25, -0.2) is 0 Å². The molecule has 0 aliphatic carbocycles. The van der Waals surface area contributed by atoms with E-state index >= 15 is 0 Å². The maximum Gasteiger partial charge on any atom is 0.309 e. The van der Waals surface area contributed by atoms with Gasteiger partial charge in [0.05, 0.1) is 0 Å². The van der Waals surface area contributed by atoms with Crippen LogP contribution in [-0.2, 0) is 19.1 Å². The molecule has 0 spiro atoms. The van der Waals surface area contributed by atoms with Crippen molar-refractivity contribution in [2.75, 3.05) is 0 Å². The minimum Gasteiger partial charge on any atom is -0.423 e. The molecule has 4 nitrogen and oxygen atoms in total. The van der Waals surface area contributed by atoms with E-state index in [1.165, 1.54) is 77.0 Å². The number of hydrogen-bond acceptors (Lipinski definition) is 4. The molecular formula is C26H50O4. The van der Waals surface area contributed by atoms with E-state index in [9.17, 15) is 9.59 Å². The number of carbonyl (C=O) groups is 2. The fourth-order valence-corrected chi connectivity index (χ4v) is 3.56. The zero-order valence-corrected chi connectivity index (χ0v) is 20.6. The van der Waals surface area contributed by atoms with Crippen LogP contribution in [-0.4, -0.2) is 17.7 Å². The maximum atomic E-state index is 12.2. The van der Waals surface area contributed by atoms with E-state index in [1.54, 1.807) is 6.92 Å². The molecule has 0 heterocycles. The predicted molar refractivity (Wildman–Crippen MR) is 125 cm³/mol. The van der Waals surface area contributed by atoms with E-state index in [0.717, 1.165) is 25.7 Å². The van der Waals surface area contributed by atoms with E-state index in [-0.39, 0.29) is 11.9 Å². The van der Waals surface area contributed by atoms with Crippen molar-refractivity contribution in [1.82, 2.24) is 0 Å². The molecule has 0 aliphatic rings. The van der Waals surface area contributed by atoms with Crippen molar-refractivity contribution in [2.24, 2.45) is 0 Å². The fourth-order valence-electron chi connectivity index (χ4n) is 3.56. The van der Waals surface area contributed by atoms with Crippen LogP contribution in [0.3, 0.4) is 0 Å². The van der Waals surface area contributed by atoms with Crippen molar-refractivity contribution < 1.29 is 19.1 Å². The third-order valence-electron chi connectivity index (χ3n) is 5.77. The van der Waals surface area contributed by atoms with Crippen LogP contribution in [0.4, 0.5) is 0 Å². The second-order valence-corrected chi connectivity index (χ2v) is 8.89. The second-order valence-electron chi connectivity index (χ2n) is 8.89. The largest absolute Gasteiger partial charge is 0.423 e. The maximum absolute atomic E-state index is 12.2. The van der Waals surface area contributed by atoms with Gasteiger partial charge in [-0.05, 0) is 12.8 Å².